The number of benzene rings is 2. The van der Waals surface area contributed by atoms with Gasteiger partial charge in [-0.1, -0.05) is 30.3 Å². The van der Waals surface area contributed by atoms with E-state index in [1.165, 1.54) is 4.31 Å². The summed E-state index contributed by atoms with van der Waals surface area (Å²) in [6.07, 6.45) is 1.64. The largest absolute Gasteiger partial charge is 0.497 e. The topological polar surface area (TPSA) is 75.7 Å². The second-order valence-corrected chi connectivity index (χ2v) is 8.48. The summed E-state index contributed by atoms with van der Waals surface area (Å²) in [6.45, 7) is 0.579. The summed E-state index contributed by atoms with van der Waals surface area (Å²) in [4.78, 5) is 12.0. The van der Waals surface area contributed by atoms with Gasteiger partial charge in [-0.2, -0.15) is 0 Å². The van der Waals surface area contributed by atoms with Gasteiger partial charge >= 0.3 is 0 Å². The highest BCUT2D eigenvalue weighted by Crippen LogP contribution is 2.29. The van der Waals surface area contributed by atoms with Crippen LogP contribution in [0.25, 0.3) is 0 Å². The van der Waals surface area contributed by atoms with Crippen LogP contribution < -0.4 is 14.4 Å². The van der Waals surface area contributed by atoms with Crippen molar-refractivity contribution in [2.24, 2.45) is 0 Å². The van der Waals surface area contributed by atoms with Crippen molar-refractivity contribution < 1.29 is 17.9 Å². The average Bonchev–Trinajstić information content (AvgIpc) is 3.12. The zero-order chi connectivity index (χ0) is 19.3. The first-order chi connectivity index (χ1) is 13.0. The Morgan fingerprint density at radius 3 is 2.63 bits per heavy atom. The Bertz CT molecular complexity index is 894. The Kier molecular flexibility index (Phi) is 6.01. The zero-order valence-corrected chi connectivity index (χ0v) is 16.2. The van der Waals surface area contributed by atoms with E-state index in [2.05, 4.69) is 5.32 Å². The summed E-state index contributed by atoms with van der Waals surface area (Å²) in [7, 11) is -1.83. The fourth-order valence-electron chi connectivity index (χ4n) is 3.16. The highest BCUT2D eigenvalue weighted by Gasteiger charge is 2.28. The van der Waals surface area contributed by atoms with Crippen LogP contribution in [0.5, 0.6) is 5.75 Å². The number of methoxy groups -OCH3 is 1. The fraction of sp³-hybridized carbons (Fsp3) is 0.350. The van der Waals surface area contributed by atoms with E-state index in [9.17, 15) is 13.2 Å². The minimum Gasteiger partial charge on any atom is -0.497 e. The van der Waals surface area contributed by atoms with Crippen molar-refractivity contribution in [2.45, 2.75) is 19.3 Å². The molecule has 1 amide bonds. The van der Waals surface area contributed by atoms with Crippen LogP contribution in [0.3, 0.4) is 0 Å². The smallest absolute Gasteiger partial charge is 0.236 e. The van der Waals surface area contributed by atoms with Crippen LogP contribution in [0.1, 0.15) is 17.5 Å². The van der Waals surface area contributed by atoms with Gasteiger partial charge in [-0.3, -0.25) is 9.10 Å². The molecular formula is C20H24N2O4S. The molecule has 0 fully saturated rings. The number of aryl methyl sites for hydroxylation is 1. The van der Waals surface area contributed by atoms with Gasteiger partial charge in [0.25, 0.3) is 0 Å². The van der Waals surface area contributed by atoms with Crippen LogP contribution in [-0.2, 0) is 27.7 Å². The van der Waals surface area contributed by atoms with Gasteiger partial charge < -0.3 is 10.1 Å². The van der Waals surface area contributed by atoms with Crippen LogP contribution in [0.2, 0.25) is 0 Å². The third-order valence-electron chi connectivity index (χ3n) is 4.66. The Labute approximate surface area is 160 Å². The van der Waals surface area contributed by atoms with Gasteiger partial charge in [0, 0.05) is 19.5 Å². The maximum absolute atomic E-state index is 12.6. The molecule has 144 valence electrons. The fourth-order valence-corrected chi connectivity index (χ4v) is 4.59. The number of para-hydroxylation sites is 1. The lowest BCUT2D eigenvalue weighted by molar-refractivity contribution is -0.120. The summed E-state index contributed by atoms with van der Waals surface area (Å²) in [6, 6.07) is 15.1. The number of hydrogen-bond donors (Lipinski definition) is 1. The van der Waals surface area contributed by atoms with Crippen molar-refractivity contribution in [2.75, 3.05) is 30.3 Å². The molecule has 27 heavy (non-hydrogen) atoms. The first kappa shape index (κ1) is 19.2. The minimum absolute atomic E-state index is 0.102. The van der Waals surface area contributed by atoms with E-state index < -0.39 is 10.0 Å². The van der Waals surface area contributed by atoms with Gasteiger partial charge in [0.15, 0.2) is 0 Å². The number of carbonyl (C=O) groups is 1. The first-order valence-electron chi connectivity index (χ1n) is 8.97. The molecule has 0 saturated heterocycles. The van der Waals surface area contributed by atoms with E-state index in [4.69, 9.17) is 4.74 Å². The zero-order valence-electron chi connectivity index (χ0n) is 15.3. The highest BCUT2D eigenvalue weighted by molar-refractivity contribution is 7.92. The lowest BCUT2D eigenvalue weighted by Gasteiger charge is -2.19. The number of fused-ring (bicyclic) bond motifs is 1. The molecule has 2 aromatic carbocycles. The van der Waals surface area contributed by atoms with Gasteiger partial charge in [-0.05, 0) is 42.2 Å². The van der Waals surface area contributed by atoms with Crippen molar-refractivity contribution >= 4 is 21.6 Å². The maximum atomic E-state index is 12.6. The van der Waals surface area contributed by atoms with Crippen molar-refractivity contribution in [1.29, 1.82) is 0 Å². The Balaban J connectivity index is 1.45. The molecule has 1 heterocycles. The molecule has 1 N–H and O–H groups in total. The molecule has 6 nitrogen and oxygen atoms in total. The number of nitrogens with zero attached hydrogens (tertiary/aromatic N) is 1. The van der Waals surface area contributed by atoms with Gasteiger partial charge in [0.2, 0.25) is 15.9 Å². The van der Waals surface area contributed by atoms with Crippen molar-refractivity contribution in [1.82, 2.24) is 5.32 Å². The number of nitrogens with one attached hydrogen (secondary N) is 1. The number of carbonyl (C=O) groups excluding carboxylic acids is 1. The molecular weight excluding hydrogens is 364 g/mol. The number of anilines is 1. The third kappa shape index (κ3) is 4.80. The number of amides is 1. The number of hydrogen-bond acceptors (Lipinski definition) is 4. The van der Waals surface area contributed by atoms with Crippen molar-refractivity contribution in [3.05, 3.63) is 59.7 Å². The monoisotopic (exact) mass is 388 g/mol. The van der Waals surface area contributed by atoms with E-state index in [1.807, 2.05) is 48.5 Å². The van der Waals surface area contributed by atoms with Crippen LogP contribution in [-0.4, -0.2) is 40.3 Å². The third-order valence-corrected chi connectivity index (χ3v) is 6.43. The summed E-state index contributed by atoms with van der Waals surface area (Å²) in [5.74, 6) is 0.523. The molecule has 0 aliphatic carbocycles. The second kappa shape index (κ2) is 8.43. The van der Waals surface area contributed by atoms with E-state index in [1.54, 1.807) is 7.11 Å². The first-order valence-corrected chi connectivity index (χ1v) is 10.6. The van der Waals surface area contributed by atoms with E-state index in [0.29, 0.717) is 19.4 Å². The van der Waals surface area contributed by atoms with Gasteiger partial charge in [0.1, 0.15) is 5.75 Å². The molecule has 0 spiro atoms. The molecule has 3 rings (SSSR count). The average molecular weight is 388 g/mol. The summed E-state index contributed by atoms with van der Waals surface area (Å²) in [5, 5.41) is 2.71. The summed E-state index contributed by atoms with van der Waals surface area (Å²) >= 11 is 0. The summed E-state index contributed by atoms with van der Waals surface area (Å²) in [5.41, 5.74) is 2.83. The lowest BCUT2D eigenvalue weighted by atomic mass is 10.1. The molecule has 0 unspecified atom stereocenters. The molecule has 0 bridgehead atoms. The molecule has 0 saturated carbocycles. The van der Waals surface area contributed by atoms with E-state index >= 15 is 0 Å². The molecule has 0 atom stereocenters. The predicted octanol–water partition coefficient (Wildman–Crippen LogP) is 2.14. The van der Waals surface area contributed by atoms with Crippen LogP contribution in [0.15, 0.2) is 48.5 Å². The quantitative estimate of drug-likeness (QED) is 0.752. The van der Waals surface area contributed by atoms with Crippen molar-refractivity contribution in [3.8, 4) is 5.75 Å². The Hall–Kier alpha value is -2.54. The van der Waals surface area contributed by atoms with Crippen LogP contribution in [0.4, 0.5) is 5.69 Å². The number of sulfonamides is 1. The van der Waals surface area contributed by atoms with Crippen LogP contribution >= 0.6 is 0 Å². The number of ether oxygens (including phenoxy) is 1. The number of rotatable bonds is 8. The van der Waals surface area contributed by atoms with Crippen molar-refractivity contribution in [3.63, 3.8) is 0 Å². The Morgan fingerprint density at radius 1 is 1.15 bits per heavy atom. The predicted molar refractivity (Wildman–Crippen MR) is 106 cm³/mol. The molecule has 2 aromatic rings. The SMILES string of the molecule is COc1ccc(CCC(=O)NCCS(=O)(=O)N2CCc3ccccc32)cc1. The molecule has 1 aliphatic heterocycles. The van der Waals surface area contributed by atoms with Crippen LogP contribution in [0, 0.1) is 0 Å². The second-order valence-electron chi connectivity index (χ2n) is 6.46. The molecule has 1 aliphatic rings. The summed E-state index contributed by atoms with van der Waals surface area (Å²) < 4.78 is 31.7. The van der Waals surface area contributed by atoms with E-state index in [-0.39, 0.29) is 18.2 Å². The van der Waals surface area contributed by atoms with E-state index in [0.717, 1.165) is 29.0 Å². The van der Waals surface area contributed by atoms with Gasteiger partial charge in [0.05, 0.1) is 18.6 Å². The Morgan fingerprint density at radius 2 is 1.89 bits per heavy atom. The molecule has 7 heteroatoms. The maximum Gasteiger partial charge on any atom is 0.236 e. The molecule has 0 radical (unpaired) electrons. The normalized spacial score (nSPS) is 13.3. The lowest BCUT2D eigenvalue weighted by Crippen LogP contribution is -2.37. The van der Waals surface area contributed by atoms with Gasteiger partial charge in [-0.15, -0.1) is 0 Å². The standard InChI is InChI=1S/C20H24N2O4S/c1-26-18-9-6-16(7-10-18)8-11-20(23)21-13-15-27(24,25)22-14-12-17-4-2-3-5-19(17)22/h2-7,9-10H,8,11-15H2,1H3,(H,21,23). The van der Waals surface area contributed by atoms with Gasteiger partial charge in [-0.25, -0.2) is 8.42 Å². The molecule has 0 aromatic heterocycles. The highest BCUT2D eigenvalue weighted by atomic mass is 32.2. The minimum atomic E-state index is -3.44.